The molecule has 3 unspecified atom stereocenters. The van der Waals surface area contributed by atoms with Crippen molar-refractivity contribution in [2.75, 3.05) is 0 Å². The first kappa shape index (κ1) is 20.5. The van der Waals surface area contributed by atoms with Crippen molar-refractivity contribution in [3.63, 3.8) is 0 Å². The maximum atomic E-state index is 13.6. The Morgan fingerprint density at radius 3 is 2.58 bits per heavy atom. The summed E-state index contributed by atoms with van der Waals surface area (Å²) in [5.74, 6) is 2.21. The Morgan fingerprint density at radius 2 is 2.08 bits per heavy atom. The van der Waals surface area contributed by atoms with Gasteiger partial charge in [-0.3, -0.25) is 5.41 Å². The molecule has 1 aromatic rings. The van der Waals surface area contributed by atoms with Crippen molar-refractivity contribution < 1.29 is 4.39 Å². The van der Waals surface area contributed by atoms with E-state index in [2.05, 4.69) is 5.97 Å². The zero-order valence-electron chi connectivity index (χ0n) is 14.5. The fourth-order valence-electron chi connectivity index (χ4n) is 3.00. The van der Waals surface area contributed by atoms with E-state index in [1.165, 1.54) is 0 Å². The first-order valence-electron chi connectivity index (χ1n) is 8.28. The van der Waals surface area contributed by atoms with Crippen LogP contribution in [-0.4, -0.2) is 29.8 Å². The summed E-state index contributed by atoms with van der Waals surface area (Å²) in [6.45, 7) is 5.70. The van der Waals surface area contributed by atoms with E-state index in [4.69, 9.17) is 22.7 Å². The van der Waals surface area contributed by atoms with Gasteiger partial charge in [0.25, 0.3) is 6.71 Å². The monoisotopic (exact) mass is 350 g/mol. The maximum Gasteiger partial charge on any atom is 0.277 e. The number of alkyl halides is 1. The number of amidine groups is 1. The van der Waals surface area contributed by atoms with Gasteiger partial charge in [0.2, 0.25) is 0 Å². The molecule has 24 heavy (non-hydrogen) atoms. The summed E-state index contributed by atoms with van der Waals surface area (Å²) >= 11 is 5.87. The molecule has 1 saturated heterocycles. The minimum absolute atomic E-state index is 0.237. The van der Waals surface area contributed by atoms with Crippen LogP contribution in [0.15, 0.2) is 24.3 Å². The largest absolute Gasteiger partial charge is 0.342 e. The van der Waals surface area contributed by atoms with Gasteiger partial charge in [-0.15, -0.1) is 0 Å². The van der Waals surface area contributed by atoms with Crippen molar-refractivity contribution in [2.45, 2.75) is 58.2 Å². The Kier molecular flexibility index (Phi) is 8.24. The van der Waals surface area contributed by atoms with Gasteiger partial charge in [0, 0.05) is 17.5 Å². The van der Waals surface area contributed by atoms with Crippen LogP contribution in [0.3, 0.4) is 0 Å². The molecule has 2 rings (SSSR count). The second kappa shape index (κ2) is 9.66. The molecule has 0 aromatic heterocycles. The number of hydrogen-bond acceptors (Lipinski definition) is 3. The van der Waals surface area contributed by atoms with E-state index < -0.39 is 19.1 Å². The lowest BCUT2D eigenvalue weighted by molar-refractivity contribution is 0.265. The third-order valence-corrected chi connectivity index (χ3v) is 4.47. The highest BCUT2D eigenvalue weighted by Gasteiger charge is 2.43. The number of rotatable bonds is 4. The molecular formula is C17H25BClFN4. The fourth-order valence-corrected chi connectivity index (χ4v) is 3.12. The average molecular weight is 351 g/mol. The molecule has 1 aliphatic rings. The van der Waals surface area contributed by atoms with Gasteiger partial charge in [0.15, 0.2) is 0 Å². The van der Waals surface area contributed by atoms with Gasteiger partial charge in [0.1, 0.15) is 0 Å². The van der Waals surface area contributed by atoms with Crippen LogP contribution in [0.4, 0.5) is 4.39 Å². The molecule has 0 aliphatic carbocycles. The predicted molar refractivity (Wildman–Crippen MR) is 99.2 cm³/mol. The lowest BCUT2D eigenvalue weighted by Crippen LogP contribution is -2.49. The van der Waals surface area contributed by atoms with Gasteiger partial charge in [-0.05, 0) is 43.2 Å². The van der Waals surface area contributed by atoms with E-state index in [0.717, 1.165) is 5.56 Å². The van der Waals surface area contributed by atoms with Crippen molar-refractivity contribution in [2.24, 2.45) is 5.73 Å². The van der Waals surface area contributed by atoms with Crippen molar-refractivity contribution in [1.82, 2.24) is 4.90 Å². The summed E-state index contributed by atoms with van der Waals surface area (Å²) in [7, 11) is 0. The van der Waals surface area contributed by atoms with Crippen molar-refractivity contribution in [1.29, 1.82) is 10.7 Å². The van der Waals surface area contributed by atoms with Gasteiger partial charge in [-0.2, -0.15) is 0 Å². The third-order valence-electron chi connectivity index (χ3n) is 4.22. The summed E-state index contributed by atoms with van der Waals surface area (Å²) in [6.07, 6.45) is -1.01. The number of nitrogens with zero attached hydrogens (tertiary/aromatic N) is 2. The van der Waals surface area contributed by atoms with Gasteiger partial charge in [0.05, 0.1) is 18.2 Å². The minimum Gasteiger partial charge on any atom is -0.342 e. The second-order valence-electron chi connectivity index (χ2n) is 5.80. The fraction of sp³-hybridized carbons (Fsp3) is 0.529. The average Bonchev–Trinajstić information content (AvgIpc) is 2.96. The van der Waals surface area contributed by atoms with E-state index in [1.54, 1.807) is 24.0 Å². The van der Waals surface area contributed by atoms with Crippen LogP contribution in [0, 0.1) is 16.6 Å². The molecule has 0 bridgehead atoms. The van der Waals surface area contributed by atoms with Crippen LogP contribution >= 0.6 is 11.6 Å². The number of benzene rings is 1. The van der Waals surface area contributed by atoms with Gasteiger partial charge < -0.3 is 10.6 Å². The summed E-state index contributed by atoms with van der Waals surface area (Å²) in [4.78, 5) is 1.72. The number of hydrogen-bond donors (Lipinski definition) is 2. The maximum absolute atomic E-state index is 13.6. The molecule has 1 heterocycles. The van der Waals surface area contributed by atoms with E-state index in [1.807, 2.05) is 26.0 Å². The Labute approximate surface area is 149 Å². The van der Waals surface area contributed by atoms with Gasteiger partial charge in [-0.25, -0.2) is 9.65 Å². The SMILES string of the molecule is CC.CC(=N)N(Cc1ccc(Cl)cc1)C(N)C1CC(F)CB1C#N. The van der Waals surface area contributed by atoms with E-state index in [9.17, 15) is 9.65 Å². The zero-order chi connectivity index (χ0) is 18.3. The molecule has 7 heteroatoms. The van der Waals surface area contributed by atoms with Crippen LogP contribution in [0.25, 0.3) is 0 Å². The number of halogens is 2. The molecule has 1 fully saturated rings. The minimum atomic E-state index is -0.982. The lowest BCUT2D eigenvalue weighted by Gasteiger charge is -2.34. The topological polar surface area (TPSA) is 76.9 Å². The quantitative estimate of drug-likeness (QED) is 0.371. The molecule has 3 atom stereocenters. The van der Waals surface area contributed by atoms with Crippen LogP contribution in [0.1, 0.15) is 32.8 Å². The molecule has 1 aromatic carbocycles. The smallest absolute Gasteiger partial charge is 0.277 e. The Balaban J connectivity index is 0.00000139. The highest BCUT2D eigenvalue weighted by molar-refractivity contribution is 6.69. The first-order chi connectivity index (χ1) is 11.4. The molecule has 3 N–H and O–H groups in total. The molecule has 4 nitrogen and oxygen atoms in total. The van der Waals surface area contributed by atoms with E-state index in [-0.39, 0.29) is 18.6 Å². The van der Waals surface area contributed by atoms with Gasteiger partial charge >= 0.3 is 0 Å². The molecule has 1 aliphatic heterocycles. The Morgan fingerprint density at radius 1 is 1.50 bits per heavy atom. The molecule has 0 amide bonds. The van der Waals surface area contributed by atoms with Crippen molar-refractivity contribution in [3.05, 3.63) is 34.9 Å². The standard InChI is InChI=1S/C15H19BClFN4.C2H6/c1-10(20)22(8-11-2-4-12(17)5-3-11)15(21)14-6-13(18)7-16(14)9-19;1-2/h2-5,13-15,20H,6-8,21H2,1H3;1-2H3. The van der Waals surface area contributed by atoms with Crippen molar-refractivity contribution >= 4 is 24.1 Å². The van der Waals surface area contributed by atoms with Crippen LogP contribution < -0.4 is 5.73 Å². The summed E-state index contributed by atoms with van der Waals surface area (Å²) in [5, 5.41) is 17.8. The molecule has 0 radical (unpaired) electrons. The second-order valence-corrected chi connectivity index (χ2v) is 6.23. The van der Waals surface area contributed by atoms with Crippen molar-refractivity contribution in [3.8, 4) is 5.97 Å². The van der Waals surface area contributed by atoms with Crippen LogP contribution in [0.5, 0.6) is 0 Å². The normalized spacial score (nSPS) is 20.6. The van der Waals surface area contributed by atoms with E-state index in [0.29, 0.717) is 17.4 Å². The molecule has 130 valence electrons. The molecular weight excluding hydrogens is 325 g/mol. The zero-order valence-corrected chi connectivity index (χ0v) is 15.2. The van der Waals surface area contributed by atoms with E-state index >= 15 is 0 Å². The van der Waals surface area contributed by atoms with Gasteiger partial charge in [-0.1, -0.05) is 37.6 Å². The predicted octanol–water partition coefficient (Wildman–Crippen LogP) is 4.12. The Hall–Kier alpha value is -1.58. The number of nitriles is 1. The third kappa shape index (κ3) is 5.22. The summed E-state index contributed by atoms with van der Waals surface area (Å²) in [6, 6.07) is 7.31. The Bertz CT molecular complexity index is 575. The molecule has 0 saturated carbocycles. The van der Waals surface area contributed by atoms with Crippen LogP contribution in [-0.2, 0) is 6.54 Å². The summed E-state index contributed by atoms with van der Waals surface area (Å²) in [5.41, 5.74) is 7.24. The highest BCUT2D eigenvalue weighted by atomic mass is 35.5. The number of nitrogens with one attached hydrogen (secondary N) is 1. The van der Waals surface area contributed by atoms with Crippen LogP contribution in [0.2, 0.25) is 17.2 Å². The summed E-state index contributed by atoms with van der Waals surface area (Å²) < 4.78 is 13.6. The highest BCUT2D eigenvalue weighted by Crippen LogP contribution is 2.36. The molecule has 0 spiro atoms. The first-order valence-corrected chi connectivity index (χ1v) is 8.65. The number of nitrogens with two attached hydrogens (primary N) is 1. The lowest BCUT2D eigenvalue weighted by atomic mass is 9.43.